The minimum atomic E-state index is -0.630. The second-order valence-electron chi connectivity index (χ2n) is 6.72. The molecule has 8 nitrogen and oxygen atoms in total. The van der Waals surface area contributed by atoms with E-state index in [-0.39, 0.29) is 17.2 Å². The van der Waals surface area contributed by atoms with Crippen LogP contribution < -0.4 is 16.2 Å². The number of carboxylic acids is 1. The third-order valence-corrected chi connectivity index (χ3v) is 4.52. The van der Waals surface area contributed by atoms with Gasteiger partial charge < -0.3 is 15.7 Å². The monoisotopic (exact) mass is 473 g/mol. The first-order chi connectivity index (χ1) is 15.8. The lowest BCUT2D eigenvalue weighted by Crippen LogP contribution is -2.15. The van der Waals surface area contributed by atoms with Crippen LogP contribution >= 0.6 is 11.6 Å². The first-order valence-electron chi connectivity index (χ1n) is 9.72. The number of aliphatic carboxylic acids is 1. The van der Waals surface area contributed by atoms with Crippen molar-refractivity contribution >= 4 is 41.8 Å². The quantitative estimate of drug-likeness (QED) is 0.469. The molecule has 1 fully saturated rings. The summed E-state index contributed by atoms with van der Waals surface area (Å²) in [5, 5.41) is 13.4. The van der Waals surface area contributed by atoms with Crippen molar-refractivity contribution in [1.82, 2.24) is 4.57 Å². The average molecular weight is 474 g/mol. The van der Waals surface area contributed by atoms with Gasteiger partial charge in [-0.15, -0.1) is 0 Å². The Morgan fingerprint density at radius 3 is 2.18 bits per heavy atom. The van der Waals surface area contributed by atoms with Gasteiger partial charge in [0.1, 0.15) is 5.82 Å². The van der Waals surface area contributed by atoms with E-state index in [4.69, 9.17) is 16.7 Å². The number of aromatic nitrogens is 1. The van der Waals surface area contributed by atoms with Gasteiger partial charge in [0.25, 0.3) is 5.56 Å². The number of hydrogen-bond donors (Lipinski definition) is 3. The maximum atomic E-state index is 13.5. The number of carboxylic acid groups (broad SMARTS) is 1. The molecule has 1 aromatic heterocycles. The van der Waals surface area contributed by atoms with Crippen molar-refractivity contribution in [1.29, 1.82) is 0 Å². The minimum Gasteiger partial charge on any atom is -0.481 e. The molecule has 0 saturated heterocycles. The molecule has 172 valence electrons. The molecule has 3 aromatic rings. The molecule has 4 rings (SSSR count). The van der Waals surface area contributed by atoms with Crippen molar-refractivity contribution in [3.8, 4) is 5.69 Å². The summed E-state index contributed by atoms with van der Waals surface area (Å²) < 4.78 is 14.8. The van der Waals surface area contributed by atoms with Crippen molar-refractivity contribution in [2.45, 2.75) is 12.8 Å². The summed E-state index contributed by atoms with van der Waals surface area (Å²) in [6, 6.07) is 15.7. The number of pyridine rings is 1. The molecule has 0 aliphatic heterocycles. The molecule has 0 bridgehead atoms. The molecule has 1 aliphatic carbocycles. The number of carbonyl (C=O) groups is 3. The summed E-state index contributed by atoms with van der Waals surface area (Å²) in [5.74, 6) is -1.20. The summed E-state index contributed by atoms with van der Waals surface area (Å²) in [5.41, 5.74) is 0.986. The predicted molar refractivity (Wildman–Crippen MR) is 123 cm³/mol. The summed E-state index contributed by atoms with van der Waals surface area (Å²) in [6.07, 6.45) is 4.37. The fraction of sp³-hybridized carbons (Fsp3) is 0.130. The first kappa shape index (κ1) is 25.3. The van der Waals surface area contributed by atoms with Gasteiger partial charge in [-0.2, -0.15) is 0 Å². The van der Waals surface area contributed by atoms with Crippen molar-refractivity contribution in [3.05, 3.63) is 88.1 Å². The van der Waals surface area contributed by atoms with Crippen LogP contribution in [0.5, 0.6) is 0 Å². The number of rotatable bonds is 6. The third kappa shape index (κ3) is 8.58. The average Bonchev–Trinajstić information content (AvgIpc) is 3.64. The fourth-order valence-electron chi connectivity index (χ4n) is 2.42. The van der Waals surface area contributed by atoms with Crippen molar-refractivity contribution in [2.75, 3.05) is 10.6 Å². The molecular weight excluding hydrogens is 453 g/mol. The Labute approximate surface area is 193 Å². The van der Waals surface area contributed by atoms with E-state index in [0.29, 0.717) is 23.5 Å². The Morgan fingerprint density at radius 1 is 1.03 bits per heavy atom. The van der Waals surface area contributed by atoms with E-state index in [1.165, 1.54) is 22.8 Å². The van der Waals surface area contributed by atoms with E-state index in [1.807, 2.05) is 0 Å². The Bertz CT molecular complexity index is 1150. The molecule has 33 heavy (non-hydrogen) atoms. The maximum absolute atomic E-state index is 13.5. The zero-order valence-corrected chi connectivity index (χ0v) is 18.0. The summed E-state index contributed by atoms with van der Waals surface area (Å²) in [7, 11) is 0. The van der Waals surface area contributed by atoms with Crippen LogP contribution in [0.3, 0.4) is 0 Å². The van der Waals surface area contributed by atoms with Crippen LogP contribution in [0.25, 0.3) is 5.69 Å². The van der Waals surface area contributed by atoms with Gasteiger partial charge in [-0.25, -0.2) is 4.39 Å². The predicted octanol–water partition coefficient (Wildman–Crippen LogP) is 3.93. The third-order valence-electron chi connectivity index (χ3n) is 4.26. The minimum absolute atomic E-state index is 0.0185. The molecule has 1 aliphatic rings. The Kier molecular flexibility index (Phi) is 9.79. The van der Waals surface area contributed by atoms with Gasteiger partial charge in [-0.1, -0.05) is 17.7 Å². The van der Waals surface area contributed by atoms with Crippen molar-refractivity contribution in [3.63, 3.8) is 0 Å². The van der Waals surface area contributed by atoms with E-state index < -0.39 is 11.8 Å². The Balaban J connectivity index is 0.000000202. The van der Waals surface area contributed by atoms with Crippen LogP contribution in [0, 0.1) is 11.7 Å². The SMILES string of the molecule is O=C(O)C1CC1.O=CNc1ccc(-n2ccccc2=O)cc1F.O=CNc1ccc(Cl)cc1. The van der Waals surface area contributed by atoms with Gasteiger partial charge in [-0.3, -0.25) is 23.7 Å². The number of nitrogens with zero attached hydrogens (tertiary/aromatic N) is 1. The highest BCUT2D eigenvalue weighted by Crippen LogP contribution is 2.28. The lowest BCUT2D eigenvalue weighted by atomic mass is 10.2. The molecule has 3 N–H and O–H groups in total. The largest absolute Gasteiger partial charge is 0.481 e. The van der Waals surface area contributed by atoms with Crippen LogP contribution in [0.2, 0.25) is 5.02 Å². The van der Waals surface area contributed by atoms with Crippen LogP contribution in [0.1, 0.15) is 12.8 Å². The van der Waals surface area contributed by atoms with Crippen LogP contribution in [0.4, 0.5) is 15.8 Å². The molecule has 0 radical (unpaired) electrons. The lowest BCUT2D eigenvalue weighted by molar-refractivity contribution is -0.138. The van der Waals surface area contributed by atoms with E-state index in [1.54, 1.807) is 48.7 Å². The van der Waals surface area contributed by atoms with Crippen molar-refractivity contribution < 1.29 is 23.9 Å². The fourth-order valence-corrected chi connectivity index (χ4v) is 2.55. The number of nitrogens with one attached hydrogen (secondary N) is 2. The summed E-state index contributed by atoms with van der Waals surface area (Å²) in [6.45, 7) is 0. The Hall–Kier alpha value is -3.98. The highest BCUT2D eigenvalue weighted by Gasteiger charge is 2.28. The molecule has 0 atom stereocenters. The van der Waals surface area contributed by atoms with E-state index in [2.05, 4.69) is 10.6 Å². The number of amides is 2. The van der Waals surface area contributed by atoms with Gasteiger partial charge >= 0.3 is 5.97 Å². The second kappa shape index (κ2) is 12.8. The van der Waals surface area contributed by atoms with Gasteiger partial charge in [0.05, 0.1) is 17.3 Å². The smallest absolute Gasteiger partial charge is 0.306 e. The topological polar surface area (TPSA) is 117 Å². The number of benzene rings is 2. The first-order valence-corrected chi connectivity index (χ1v) is 10.1. The van der Waals surface area contributed by atoms with Crippen LogP contribution in [-0.4, -0.2) is 28.5 Å². The van der Waals surface area contributed by atoms with Gasteiger partial charge in [0.2, 0.25) is 12.8 Å². The number of hydrogen-bond acceptors (Lipinski definition) is 4. The Morgan fingerprint density at radius 2 is 1.70 bits per heavy atom. The molecule has 2 amide bonds. The van der Waals surface area contributed by atoms with Gasteiger partial charge in [-0.05, 0) is 55.3 Å². The maximum Gasteiger partial charge on any atom is 0.306 e. The molecular formula is C23H21ClFN3O5. The normalized spacial score (nSPS) is 11.6. The summed E-state index contributed by atoms with van der Waals surface area (Å²) in [4.78, 5) is 41.4. The number of carbonyl (C=O) groups excluding carboxylic acids is 2. The molecule has 0 spiro atoms. The molecule has 1 saturated carbocycles. The van der Waals surface area contributed by atoms with Crippen LogP contribution in [-0.2, 0) is 14.4 Å². The van der Waals surface area contributed by atoms with E-state index in [0.717, 1.165) is 18.5 Å². The number of anilines is 2. The van der Waals surface area contributed by atoms with Gasteiger partial charge in [0.15, 0.2) is 0 Å². The zero-order valence-electron chi connectivity index (χ0n) is 17.3. The molecule has 10 heteroatoms. The molecule has 1 heterocycles. The lowest BCUT2D eigenvalue weighted by Gasteiger charge is -2.07. The van der Waals surface area contributed by atoms with E-state index in [9.17, 15) is 23.6 Å². The van der Waals surface area contributed by atoms with E-state index >= 15 is 0 Å². The van der Waals surface area contributed by atoms with Crippen molar-refractivity contribution in [2.24, 2.45) is 5.92 Å². The standard InChI is InChI=1S/C12H9FN2O2.C7H6ClNO.C4H6O2/c13-10-7-9(4-5-11(10)14-8-16)15-6-2-1-3-12(15)17;8-6-1-3-7(4-2-6)9-5-10;5-4(6)3-1-2-3/h1-8H,(H,14,16);1-5H,(H,9,10);3H,1-2H2,(H,5,6). The second-order valence-corrected chi connectivity index (χ2v) is 7.15. The highest BCUT2D eigenvalue weighted by molar-refractivity contribution is 6.30. The summed E-state index contributed by atoms with van der Waals surface area (Å²) >= 11 is 5.60. The molecule has 0 unspecified atom stereocenters. The molecule has 2 aromatic carbocycles. The number of halogens is 2. The van der Waals surface area contributed by atoms with Crippen LogP contribution in [0.15, 0.2) is 71.7 Å². The van der Waals surface area contributed by atoms with Gasteiger partial charge in [0, 0.05) is 29.0 Å². The zero-order chi connectivity index (χ0) is 24.2. The highest BCUT2D eigenvalue weighted by atomic mass is 35.5.